The topological polar surface area (TPSA) is 44.8 Å². The van der Waals surface area contributed by atoms with Crippen LogP contribution < -0.4 is 4.74 Å². The fourth-order valence-electron chi connectivity index (χ4n) is 1.75. The first-order valence-corrected chi connectivity index (χ1v) is 6.20. The average Bonchev–Trinajstić information content (AvgIpc) is 2.88. The van der Waals surface area contributed by atoms with Crippen LogP contribution in [-0.4, -0.2) is 32.4 Å². The Morgan fingerprint density at radius 2 is 2.00 bits per heavy atom. The summed E-state index contributed by atoms with van der Waals surface area (Å²) in [5.41, 5.74) is 0. The Morgan fingerprint density at radius 1 is 1.30 bits per heavy atom. The Labute approximate surface area is 116 Å². The molecule has 6 heteroatoms. The van der Waals surface area contributed by atoms with Crippen molar-refractivity contribution in [3.05, 3.63) is 29.8 Å². The van der Waals surface area contributed by atoms with Gasteiger partial charge in [0.25, 0.3) is 0 Å². The quantitative estimate of drug-likeness (QED) is 0.785. The minimum Gasteiger partial charge on any atom is -0.494 e. The Morgan fingerprint density at radius 3 is 2.45 bits per heavy atom. The molecule has 2 rings (SSSR count). The van der Waals surface area contributed by atoms with Gasteiger partial charge in [-0.15, -0.1) is 0 Å². The molecular weight excluding hydrogens is 270 g/mol. The molecule has 1 aliphatic rings. The molecule has 0 aromatic heterocycles. The highest BCUT2D eigenvalue weighted by atomic mass is 19.2. The Balaban J connectivity index is 0.000000200. The number of halogens is 2. The minimum atomic E-state index is -0.940. The van der Waals surface area contributed by atoms with Crippen molar-refractivity contribution in [3.8, 4) is 5.75 Å². The van der Waals surface area contributed by atoms with Crippen LogP contribution in [0.25, 0.3) is 0 Å². The van der Waals surface area contributed by atoms with E-state index in [0.717, 1.165) is 18.9 Å². The summed E-state index contributed by atoms with van der Waals surface area (Å²) in [6.45, 7) is 1.96. The van der Waals surface area contributed by atoms with Crippen molar-refractivity contribution < 1.29 is 27.8 Å². The molecule has 0 N–H and O–H groups in total. The van der Waals surface area contributed by atoms with E-state index in [0.29, 0.717) is 0 Å². The molecule has 2 atom stereocenters. The van der Waals surface area contributed by atoms with E-state index in [1.165, 1.54) is 26.4 Å². The molecule has 0 bridgehead atoms. The molecule has 20 heavy (non-hydrogen) atoms. The highest BCUT2D eigenvalue weighted by Gasteiger charge is 2.28. The number of carbonyl (C=O) groups excluding carboxylic acids is 1. The number of hydrogen-bond donors (Lipinski definition) is 0. The number of esters is 1. The zero-order valence-corrected chi connectivity index (χ0v) is 11.7. The minimum absolute atomic E-state index is 0.0694. The van der Waals surface area contributed by atoms with Gasteiger partial charge >= 0.3 is 5.97 Å². The predicted molar refractivity (Wildman–Crippen MR) is 68.5 cm³/mol. The van der Waals surface area contributed by atoms with Gasteiger partial charge in [0, 0.05) is 0 Å². The molecule has 0 saturated carbocycles. The third kappa shape index (κ3) is 4.45. The lowest BCUT2D eigenvalue weighted by molar-refractivity contribution is -0.152. The number of benzene rings is 1. The van der Waals surface area contributed by atoms with Gasteiger partial charge in [0.05, 0.1) is 20.3 Å². The van der Waals surface area contributed by atoms with Crippen LogP contribution >= 0.6 is 0 Å². The standard InChI is InChI=1S/C7H6F2O.C7H12O3/c1-10-6-4-2-3-5(8)7(6)9;1-5-3-4-6(10-5)7(8)9-2/h2-4H,1H3;5-6H,3-4H2,1-2H3/t;5?,6-/m.1/s1. The van der Waals surface area contributed by atoms with Crippen molar-refractivity contribution in [3.63, 3.8) is 0 Å². The summed E-state index contributed by atoms with van der Waals surface area (Å²) in [6.07, 6.45) is 1.66. The van der Waals surface area contributed by atoms with Crippen LogP contribution in [0.15, 0.2) is 18.2 Å². The average molecular weight is 288 g/mol. The number of rotatable bonds is 2. The van der Waals surface area contributed by atoms with Gasteiger partial charge in [0.1, 0.15) is 0 Å². The van der Waals surface area contributed by atoms with Crippen LogP contribution in [0.1, 0.15) is 19.8 Å². The van der Waals surface area contributed by atoms with E-state index < -0.39 is 11.6 Å². The first-order chi connectivity index (χ1) is 9.49. The van der Waals surface area contributed by atoms with E-state index in [2.05, 4.69) is 9.47 Å². The van der Waals surface area contributed by atoms with Crippen LogP contribution in [0.4, 0.5) is 8.78 Å². The third-order valence-electron chi connectivity index (χ3n) is 2.83. The molecule has 0 spiro atoms. The first-order valence-electron chi connectivity index (χ1n) is 6.20. The van der Waals surface area contributed by atoms with Crippen molar-refractivity contribution >= 4 is 5.97 Å². The highest BCUT2D eigenvalue weighted by molar-refractivity contribution is 5.74. The zero-order valence-electron chi connectivity index (χ0n) is 11.7. The van der Waals surface area contributed by atoms with Gasteiger partial charge in [-0.2, -0.15) is 4.39 Å². The van der Waals surface area contributed by atoms with Crippen LogP contribution in [0.3, 0.4) is 0 Å². The van der Waals surface area contributed by atoms with Gasteiger partial charge in [-0.3, -0.25) is 0 Å². The van der Waals surface area contributed by atoms with Gasteiger partial charge in [0.15, 0.2) is 17.7 Å². The van der Waals surface area contributed by atoms with Gasteiger partial charge in [-0.25, -0.2) is 9.18 Å². The van der Waals surface area contributed by atoms with Crippen molar-refractivity contribution in [1.29, 1.82) is 0 Å². The maximum absolute atomic E-state index is 12.5. The predicted octanol–water partition coefficient (Wildman–Crippen LogP) is 2.70. The van der Waals surface area contributed by atoms with Gasteiger partial charge < -0.3 is 14.2 Å². The zero-order chi connectivity index (χ0) is 15.1. The van der Waals surface area contributed by atoms with E-state index in [4.69, 9.17) is 4.74 Å². The second-order valence-electron chi connectivity index (χ2n) is 4.29. The summed E-state index contributed by atoms with van der Waals surface area (Å²) in [5.74, 6) is -2.14. The maximum Gasteiger partial charge on any atom is 0.334 e. The Hall–Kier alpha value is -1.69. The lowest BCUT2D eigenvalue weighted by atomic mass is 10.2. The molecule has 1 unspecified atom stereocenters. The van der Waals surface area contributed by atoms with E-state index in [1.54, 1.807) is 0 Å². The summed E-state index contributed by atoms with van der Waals surface area (Å²) >= 11 is 0. The van der Waals surface area contributed by atoms with Crippen molar-refractivity contribution in [1.82, 2.24) is 0 Å². The van der Waals surface area contributed by atoms with Crippen LogP contribution in [-0.2, 0) is 14.3 Å². The number of methoxy groups -OCH3 is 2. The monoisotopic (exact) mass is 288 g/mol. The molecule has 1 aromatic carbocycles. The smallest absolute Gasteiger partial charge is 0.334 e. The molecule has 1 saturated heterocycles. The number of hydrogen-bond acceptors (Lipinski definition) is 4. The van der Waals surface area contributed by atoms with Gasteiger partial charge in [-0.05, 0) is 31.9 Å². The molecule has 1 aromatic rings. The van der Waals surface area contributed by atoms with E-state index in [1.807, 2.05) is 6.92 Å². The molecule has 4 nitrogen and oxygen atoms in total. The largest absolute Gasteiger partial charge is 0.494 e. The second kappa shape index (κ2) is 7.79. The highest BCUT2D eigenvalue weighted by Crippen LogP contribution is 2.19. The Bertz CT molecular complexity index is 451. The third-order valence-corrected chi connectivity index (χ3v) is 2.83. The summed E-state index contributed by atoms with van der Waals surface area (Å²) in [4.78, 5) is 10.8. The fourth-order valence-corrected chi connectivity index (χ4v) is 1.75. The first kappa shape index (κ1) is 16.4. The number of ether oxygens (including phenoxy) is 3. The van der Waals surface area contributed by atoms with Crippen molar-refractivity contribution in [2.45, 2.75) is 32.0 Å². The molecule has 0 radical (unpaired) electrons. The lowest BCUT2D eigenvalue weighted by Gasteiger charge is -2.06. The van der Waals surface area contributed by atoms with Gasteiger partial charge in [-0.1, -0.05) is 6.07 Å². The molecule has 1 fully saturated rings. The SMILES string of the molecule is COC(=O)[C@H]1CCC(C)O1.COc1cccc(F)c1F. The molecule has 1 heterocycles. The summed E-state index contributed by atoms with van der Waals surface area (Å²) in [5, 5.41) is 0. The summed E-state index contributed by atoms with van der Waals surface area (Å²) < 4.78 is 39.1. The lowest BCUT2D eigenvalue weighted by Crippen LogP contribution is -2.21. The normalized spacial score (nSPS) is 20.9. The molecular formula is C14H18F2O4. The molecule has 1 aliphatic heterocycles. The molecule has 0 amide bonds. The van der Waals surface area contributed by atoms with Gasteiger partial charge in [0.2, 0.25) is 5.82 Å². The second-order valence-corrected chi connectivity index (χ2v) is 4.29. The summed E-state index contributed by atoms with van der Waals surface area (Å²) in [6, 6.07) is 3.79. The van der Waals surface area contributed by atoms with Crippen molar-refractivity contribution in [2.75, 3.05) is 14.2 Å². The van der Waals surface area contributed by atoms with E-state index >= 15 is 0 Å². The summed E-state index contributed by atoms with van der Waals surface area (Å²) in [7, 11) is 2.67. The maximum atomic E-state index is 12.5. The fraction of sp³-hybridized carbons (Fsp3) is 0.500. The number of carbonyl (C=O) groups is 1. The van der Waals surface area contributed by atoms with Crippen LogP contribution in [0.2, 0.25) is 0 Å². The molecule has 0 aliphatic carbocycles. The van der Waals surface area contributed by atoms with E-state index in [-0.39, 0.29) is 23.9 Å². The Kier molecular flexibility index (Phi) is 6.38. The molecule has 112 valence electrons. The van der Waals surface area contributed by atoms with E-state index in [9.17, 15) is 13.6 Å². The van der Waals surface area contributed by atoms with Crippen molar-refractivity contribution in [2.24, 2.45) is 0 Å². The van der Waals surface area contributed by atoms with Crippen LogP contribution in [0, 0.1) is 11.6 Å². The van der Waals surface area contributed by atoms with Crippen LogP contribution in [0.5, 0.6) is 5.75 Å².